The second-order valence-electron chi connectivity index (χ2n) is 4.05. The summed E-state index contributed by atoms with van der Waals surface area (Å²) in [6.07, 6.45) is -1.75. The Morgan fingerprint density at radius 3 is 2.71 bits per heavy atom. The summed E-state index contributed by atoms with van der Waals surface area (Å²) in [6.45, 7) is 1.93. The van der Waals surface area contributed by atoms with Gasteiger partial charge in [0.15, 0.2) is 11.6 Å². The summed E-state index contributed by atoms with van der Waals surface area (Å²) in [6, 6.07) is -0.364. The number of hydrogen-bond donors (Lipinski definition) is 6. The van der Waals surface area contributed by atoms with Crippen LogP contribution in [0.15, 0.2) is 0 Å². The van der Waals surface area contributed by atoms with E-state index in [9.17, 15) is 10.2 Å². The van der Waals surface area contributed by atoms with Gasteiger partial charge in [0.25, 0.3) is 0 Å². The van der Waals surface area contributed by atoms with Crippen molar-refractivity contribution >= 4 is 23.3 Å². The molecule has 1 aliphatic heterocycles. The summed E-state index contributed by atoms with van der Waals surface area (Å²) in [5.41, 5.74) is 11.7. The number of nitrogens with two attached hydrogens (primary N) is 2. The molecule has 2 rings (SSSR count). The van der Waals surface area contributed by atoms with Crippen LogP contribution in [-0.4, -0.2) is 45.0 Å². The molecule has 0 fully saturated rings. The topological polar surface area (TPSA) is 142 Å². The standard InChI is InChI=1S/C9H16N6O2/c1-3(16)6(17)4-2-12-8-5(13-4)7(10)14-9(11)15-8/h3-4,6,13,16-17H,2H2,1H3,(H5,10,11,12,14,15)/t3?,4?,6-/m1/s1. The van der Waals surface area contributed by atoms with Crippen molar-refractivity contribution in [2.75, 3.05) is 28.6 Å². The van der Waals surface area contributed by atoms with Crippen LogP contribution in [0.5, 0.6) is 0 Å². The first-order valence-corrected chi connectivity index (χ1v) is 5.28. The molecule has 0 aliphatic carbocycles. The van der Waals surface area contributed by atoms with E-state index in [1.54, 1.807) is 0 Å². The quantitative estimate of drug-likeness (QED) is 0.370. The number of anilines is 4. The first kappa shape index (κ1) is 11.7. The lowest BCUT2D eigenvalue weighted by Gasteiger charge is -2.32. The van der Waals surface area contributed by atoms with E-state index in [1.165, 1.54) is 6.92 Å². The van der Waals surface area contributed by atoms with Crippen molar-refractivity contribution in [3.05, 3.63) is 0 Å². The molecule has 0 saturated heterocycles. The summed E-state index contributed by atoms with van der Waals surface area (Å²) in [5.74, 6) is 0.802. The molecule has 0 radical (unpaired) electrons. The van der Waals surface area contributed by atoms with Gasteiger partial charge in [-0.1, -0.05) is 0 Å². The lowest BCUT2D eigenvalue weighted by molar-refractivity contribution is 0.0214. The SMILES string of the molecule is CC(O)[C@@H](O)C1CNc2nc(N)nc(N)c2N1. The molecular weight excluding hydrogens is 224 g/mol. The fourth-order valence-corrected chi connectivity index (χ4v) is 1.75. The van der Waals surface area contributed by atoms with Crippen LogP contribution >= 0.6 is 0 Å². The molecule has 0 amide bonds. The largest absolute Gasteiger partial charge is 0.391 e. The molecule has 8 N–H and O–H groups in total. The Hall–Kier alpha value is -1.80. The van der Waals surface area contributed by atoms with Crippen LogP contribution in [0, 0.1) is 0 Å². The van der Waals surface area contributed by atoms with E-state index in [2.05, 4.69) is 20.6 Å². The first-order chi connectivity index (χ1) is 7.99. The second kappa shape index (κ2) is 4.22. The molecule has 1 aliphatic rings. The van der Waals surface area contributed by atoms with Crippen molar-refractivity contribution < 1.29 is 10.2 Å². The van der Waals surface area contributed by atoms with Crippen LogP contribution in [-0.2, 0) is 0 Å². The Kier molecular flexibility index (Phi) is 2.90. The van der Waals surface area contributed by atoms with Crippen molar-refractivity contribution in [2.45, 2.75) is 25.2 Å². The maximum atomic E-state index is 9.76. The summed E-state index contributed by atoms with van der Waals surface area (Å²) in [4.78, 5) is 7.81. The molecule has 2 heterocycles. The van der Waals surface area contributed by atoms with Gasteiger partial charge < -0.3 is 32.3 Å². The average molecular weight is 240 g/mol. The number of nitrogens with one attached hydrogen (secondary N) is 2. The van der Waals surface area contributed by atoms with Crippen LogP contribution in [0.25, 0.3) is 0 Å². The molecule has 3 atom stereocenters. The van der Waals surface area contributed by atoms with E-state index in [-0.39, 0.29) is 17.8 Å². The van der Waals surface area contributed by atoms with Crippen molar-refractivity contribution in [2.24, 2.45) is 0 Å². The average Bonchev–Trinajstić information content (AvgIpc) is 2.27. The van der Waals surface area contributed by atoms with Crippen molar-refractivity contribution in [3.63, 3.8) is 0 Å². The smallest absolute Gasteiger partial charge is 0.224 e. The molecule has 0 bridgehead atoms. The number of nitrogens with zero attached hydrogens (tertiary/aromatic N) is 2. The Labute approximate surface area is 98.1 Å². The fourth-order valence-electron chi connectivity index (χ4n) is 1.75. The Morgan fingerprint density at radius 1 is 1.35 bits per heavy atom. The highest BCUT2D eigenvalue weighted by Gasteiger charge is 2.29. The van der Waals surface area contributed by atoms with E-state index < -0.39 is 12.2 Å². The lowest BCUT2D eigenvalue weighted by Crippen LogP contribution is -2.47. The summed E-state index contributed by atoms with van der Waals surface area (Å²) in [7, 11) is 0. The fraction of sp³-hybridized carbons (Fsp3) is 0.556. The molecule has 1 aromatic heterocycles. The molecule has 2 unspecified atom stereocenters. The maximum Gasteiger partial charge on any atom is 0.224 e. The van der Waals surface area contributed by atoms with Crippen LogP contribution in [0.1, 0.15) is 6.92 Å². The van der Waals surface area contributed by atoms with E-state index in [0.717, 1.165) is 0 Å². The molecule has 1 aromatic rings. The molecular formula is C9H16N6O2. The van der Waals surface area contributed by atoms with Gasteiger partial charge in [-0.05, 0) is 6.92 Å². The number of aromatic nitrogens is 2. The zero-order chi connectivity index (χ0) is 12.6. The first-order valence-electron chi connectivity index (χ1n) is 5.28. The minimum Gasteiger partial charge on any atom is -0.391 e. The second-order valence-corrected chi connectivity index (χ2v) is 4.05. The Bertz CT molecular complexity index is 424. The van der Waals surface area contributed by atoms with Gasteiger partial charge in [0.2, 0.25) is 5.95 Å². The third-order valence-electron chi connectivity index (χ3n) is 2.68. The van der Waals surface area contributed by atoms with Gasteiger partial charge in [-0.15, -0.1) is 0 Å². The summed E-state index contributed by atoms with van der Waals surface area (Å²) in [5, 5.41) is 25.1. The van der Waals surface area contributed by atoms with Gasteiger partial charge in [-0.25, -0.2) is 0 Å². The predicted octanol–water partition coefficient (Wildman–Crippen LogP) is -1.41. The van der Waals surface area contributed by atoms with E-state index in [0.29, 0.717) is 18.1 Å². The summed E-state index contributed by atoms with van der Waals surface area (Å²) < 4.78 is 0. The van der Waals surface area contributed by atoms with Crippen molar-refractivity contribution in [1.82, 2.24) is 9.97 Å². The highest BCUT2D eigenvalue weighted by Crippen LogP contribution is 2.30. The highest BCUT2D eigenvalue weighted by molar-refractivity contribution is 5.78. The van der Waals surface area contributed by atoms with Crippen molar-refractivity contribution in [3.8, 4) is 0 Å². The Balaban J connectivity index is 2.24. The number of aliphatic hydroxyl groups is 2. The minimum atomic E-state index is -0.910. The zero-order valence-electron chi connectivity index (χ0n) is 9.38. The molecule has 94 valence electrons. The van der Waals surface area contributed by atoms with E-state index in [1.807, 2.05) is 0 Å². The van der Waals surface area contributed by atoms with E-state index >= 15 is 0 Å². The monoisotopic (exact) mass is 240 g/mol. The molecule has 8 heteroatoms. The normalized spacial score (nSPS) is 21.9. The Morgan fingerprint density at radius 2 is 2.06 bits per heavy atom. The lowest BCUT2D eigenvalue weighted by atomic mass is 10.0. The van der Waals surface area contributed by atoms with Crippen LogP contribution < -0.4 is 22.1 Å². The van der Waals surface area contributed by atoms with E-state index in [4.69, 9.17) is 11.5 Å². The third kappa shape index (κ3) is 2.17. The number of aliphatic hydroxyl groups excluding tert-OH is 2. The van der Waals surface area contributed by atoms with Crippen molar-refractivity contribution in [1.29, 1.82) is 0 Å². The van der Waals surface area contributed by atoms with Crippen LogP contribution in [0.2, 0.25) is 0 Å². The highest BCUT2D eigenvalue weighted by atomic mass is 16.3. The molecule has 0 spiro atoms. The van der Waals surface area contributed by atoms with Crippen LogP contribution in [0.3, 0.4) is 0 Å². The number of nitrogen functional groups attached to an aromatic ring is 2. The van der Waals surface area contributed by atoms with Gasteiger partial charge >= 0.3 is 0 Å². The predicted molar refractivity (Wildman–Crippen MR) is 64.4 cm³/mol. The van der Waals surface area contributed by atoms with Gasteiger partial charge in [-0.3, -0.25) is 0 Å². The van der Waals surface area contributed by atoms with Gasteiger partial charge in [-0.2, -0.15) is 9.97 Å². The number of hydrogen-bond acceptors (Lipinski definition) is 8. The molecule has 17 heavy (non-hydrogen) atoms. The van der Waals surface area contributed by atoms with Gasteiger partial charge in [0.05, 0.1) is 12.1 Å². The minimum absolute atomic E-state index is 0.0880. The number of fused-ring (bicyclic) bond motifs is 1. The molecule has 0 aromatic carbocycles. The summed E-state index contributed by atoms with van der Waals surface area (Å²) >= 11 is 0. The van der Waals surface area contributed by atoms with Gasteiger partial charge in [0, 0.05) is 6.54 Å². The zero-order valence-corrected chi connectivity index (χ0v) is 9.38. The molecule has 0 saturated carbocycles. The van der Waals surface area contributed by atoms with Gasteiger partial charge in [0.1, 0.15) is 11.8 Å². The maximum absolute atomic E-state index is 9.76. The third-order valence-corrected chi connectivity index (χ3v) is 2.68. The molecule has 8 nitrogen and oxygen atoms in total. The van der Waals surface area contributed by atoms with Crippen LogP contribution in [0.4, 0.5) is 23.3 Å². The number of rotatable bonds is 2.